The largest absolute Gasteiger partial charge is 0.417 e. The summed E-state index contributed by atoms with van der Waals surface area (Å²) >= 11 is 5.99. The molecule has 0 bridgehead atoms. The highest BCUT2D eigenvalue weighted by Crippen LogP contribution is 2.34. The molecular weight excluding hydrogens is 359 g/mol. The smallest absolute Gasteiger partial charge is 0.391 e. The van der Waals surface area contributed by atoms with Gasteiger partial charge >= 0.3 is 6.18 Å². The first-order valence-corrected chi connectivity index (χ1v) is 8.59. The van der Waals surface area contributed by atoms with Crippen LogP contribution in [-0.4, -0.2) is 41.2 Å². The Bertz CT molecular complexity index is 652. The molecule has 2 heterocycles. The molecule has 2 aliphatic rings. The lowest BCUT2D eigenvalue weighted by molar-refractivity contribution is -0.137. The van der Waals surface area contributed by atoms with Gasteiger partial charge in [0.2, 0.25) is 5.91 Å². The molecule has 1 aliphatic heterocycles. The van der Waals surface area contributed by atoms with Gasteiger partial charge in [-0.05, 0) is 25.3 Å². The van der Waals surface area contributed by atoms with Crippen LogP contribution in [0.3, 0.4) is 0 Å². The SMILES string of the molecule is O=C(N[C@@H]1CN(c2ncc(C(F)(F)F)cc2Cl)CC[C@@H]1O)C1CCC1. The van der Waals surface area contributed by atoms with E-state index >= 15 is 0 Å². The lowest BCUT2D eigenvalue weighted by atomic mass is 9.84. The fraction of sp³-hybridized carbons (Fsp3) is 0.625. The van der Waals surface area contributed by atoms with Crippen molar-refractivity contribution in [1.82, 2.24) is 10.3 Å². The average molecular weight is 378 g/mol. The van der Waals surface area contributed by atoms with Crippen LogP contribution in [0.25, 0.3) is 0 Å². The fourth-order valence-electron chi connectivity index (χ4n) is 3.06. The molecule has 25 heavy (non-hydrogen) atoms. The molecule has 1 saturated heterocycles. The molecule has 9 heteroatoms. The summed E-state index contributed by atoms with van der Waals surface area (Å²) in [6, 6.07) is 0.346. The van der Waals surface area contributed by atoms with Crippen LogP contribution >= 0.6 is 11.6 Å². The van der Waals surface area contributed by atoms with E-state index in [0.29, 0.717) is 13.0 Å². The number of hydrogen-bond acceptors (Lipinski definition) is 4. The Morgan fingerprint density at radius 2 is 2.08 bits per heavy atom. The van der Waals surface area contributed by atoms with Crippen LogP contribution < -0.4 is 10.2 Å². The zero-order chi connectivity index (χ0) is 18.2. The number of carbonyl (C=O) groups is 1. The first-order chi connectivity index (χ1) is 11.8. The van der Waals surface area contributed by atoms with Gasteiger partial charge in [0.05, 0.1) is 22.7 Å². The van der Waals surface area contributed by atoms with E-state index in [1.165, 1.54) is 0 Å². The van der Waals surface area contributed by atoms with E-state index in [1.54, 1.807) is 4.90 Å². The summed E-state index contributed by atoms with van der Waals surface area (Å²) in [5, 5.41) is 12.9. The lowest BCUT2D eigenvalue weighted by Crippen LogP contribution is -2.56. The van der Waals surface area contributed by atoms with Crippen LogP contribution in [0.1, 0.15) is 31.2 Å². The van der Waals surface area contributed by atoms with Gasteiger partial charge < -0.3 is 15.3 Å². The second-order valence-electron chi connectivity index (χ2n) is 6.57. The quantitative estimate of drug-likeness (QED) is 0.850. The standard InChI is InChI=1S/C16H19ClF3N3O2/c17-11-6-10(16(18,19)20)7-21-14(11)23-5-4-13(24)12(8-23)22-15(25)9-2-1-3-9/h6-7,9,12-13,24H,1-5,8H2,(H,22,25)/t12-,13+/m1/s1. The monoisotopic (exact) mass is 377 g/mol. The van der Waals surface area contributed by atoms with Gasteiger partial charge in [-0.2, -0.15) is 13.2 Å². The van der Waals surface area contributed by atoms with Crippen molar-refractivity contribution in [3.05, 3.63) is 22.8 Å². The predicted molar refractivity (Wildman–Crippen MR) is 86.4 cm³/mol. The highest BCUT2D eigenvalue weighted by Gasteiger charge is 2.35. The van der Waals surface area contributed by atoms with E-state index in [2.05, 4.69) is 10.3 Å². The zero-order valence-corrected chi connectivity index (χ0v) is 14.1. The number of halogens is 4. The van der Waals surface area contributed by atoms with Crippen molar-refractivity contribution in [2.75, 3.05) is 18.0 Å². The Balaban J connectivity index is 1.71. The third kappa shape index (κ3) is 4.00. The Labute approximate surface area is 148 Å². The van der Waals surface area contributed by atoms with Crippen LogP contribution in [-0.2, 0) is 11.0 Å². The molecule has 1 amide bonds. The Hall–Kier alpha value is -1.54. The van der Waals surface area contributed by atoms with Crippen LogP contribution in [0.5, 0.6) is 0 Å². The summed E-state index contributed by atoms with van der Waals surface area (Å²) in [5.41, 5.74) is -0.909. The Morgan fingerprint density at radius 3 is 2.64 bits per heavy atom. The van der Waals surface area contributed by atoms with Gasteiger partial charge in [0.15, 0.2) is 0 Å². The minimum Gasteiger partial charge on any atom is -0.391 e. The lowest BCUT2D eigenvalue weighted by Gasteiger charge is -2.38. The predicted octanol–water partition coefficient (Wildman–Crippen LogP) is 2.61. The molecule has 0 spiro atoms. The number of piperidine rings is 1. The van der Waals surface area contributed by atoms with E-state index < -0.39 is 23.9 Å². The molecule has 1 saturated carbocycles. The molecule has 138 valence electrons. The number of nitrogens with zero attached hydrogens (tertiary/aromatic N) is 2. The van der Waals surface area contributed by atoms with Gasteiger partial charge in [-0.25, -0.2) is 4.98 Å². The van der Waals surface area contributed by atoms with E-state index in [4.69, 9.17) is 11.6 Å². The summed E-state index contributed by atoms with van der Waals surface area (Å²) in [7, 11) is 0. The molecule has 0 aromatic carbocycles. The topological polar surface area (TPSA) is 65.5 Å². The van der Waals surface area contributed by atoms with Crippen molar-refractivity contribution in [3.63, 3.8) is 0 Å². The van der Waals surface area contributed by atoms with Gasteiger partial charge in [0.1, 0.15) is 5.82 Å². The molecule has 1 aromatic heterocycles. The average Bonchev–Trinajstić information content (AvgIpc) is 2.47. The van der Waals surface area contributed by atoms with Crippen molar-refractivity contribution >= 4 is 23.3 Å². The molecule has 0 unspecified atom stereocenters. The van der Waals surface area contributed by atoms with Crippen LogP contribution in [0.2, 0.25) is 5.02 Å². The van der Waals surface area contributed by atoms with Crippen LogP contribution in [0, 0.1) is 5.92 Å². The second kappa shape index (κ2) is 6.99. The van der Waals surface area contributed by atoms with Gasteiger partial charge in [0, 0.05) is 25.2 Å². The van der Waals surface area contributed by atoms with E-state index in [0.717, 1.165) is 31.5 Å². The second-order valence-corrected chi connectivity index (χ2v) is 6.98. The van der Waals surface area contributed by atoms with E-state index in [1.807, 2.05) is 0 Å². The van der Waals surface area contributed by atoms with Crippen molar-refractivity contribution in [2.45, 2.75) is 44.0 Å². The number of alkyl halides is 3. The van der Waals surface area contributed by atoms with Crippen molar-refractivity contribution in [1.29, 1.82) is 0 Å². The number of pyridine rings is 1. The number of aromatic nitrogens is 1. The molecule has 5 nitrogen and oxygen atoms in total. The number of aliphatic hydroxyl groups excluding tert-OH is 1. The van der Waals surface area contributed by atoms with Crippen LogP contribution in [0.15, 0.2) is 12.3 Å². The number of amides is 1. The first kappa shape index (κ1) is 18.3. The normalized spacial score (nSPS) is 24.8. The third-order valence-corrected chi connectivity index (χ3v) is 5.11. The number of nitrogens with one attached hydrogen (secondary N) is 1. The highest BCUT2D eigenvalue weighted by atomic mass is 35.5. The number of rotatable bonds is 3. The highest BCUT2D eigenvalue weighted by molar-refractivity contribution is 6.33. The van der Waals surface area contributed by atoms with Gasteiger partial charge in [-0.15, -0.1) is 0 Å². The number of aliphatic hydroxyl groups is 1. The molecular formula is C16H19ClF3N3O2. The molecule has 2 N–H and O–H groups in total. The Kier molecular flexibility index (Phi) is 5.11. The summed E-state index contributed by atoms with van der Waals surface area (Å²) < 4.78 is 38.2. The number of anilines is 1. The summed E-state index contributed by atoms with van der Waals surface area (Å²) in [6.07, 6.45) is -1.36. The fourth-order valence-corrected chi connectivity index (χ4v) is 3.35. The van der Waals surface area contributed by atoms with Crippen molar-refractivity contribution in [3.8, 4) is 0 Å². The van der Waals surface area contributed by atoms with Crippen LogP contribution in [0.4, 0.5) is 19.0 Å². The van der Waals surface area contributed by atoms with Gasteiger partial charge in [-0.1, -0.05) is 18.0 Å². The van der Waals surface area contributed by atoms with E-state index in [9.17, 15) is 23.1 Å². The zero-order valence-electron chi connectivity index (χ0n) is 13.4. The van der Waals surface area contributed by atoms with Crippen molar-refractivity contribution in [2.24, 2.45) is 5.92 Å². The number of carbonyl (C=O) groups excluding carboxylic acids is 1. The maximum atomic E-state index is 12.7. The first-order valence-electron chi connectivity index (χ1n) is 8.22. The molecule has 1 aromatic rings. The van der Waals surface area contributed by atoms with Gasteiger partial charge in [-0.3, -0.25) is 4.79 Å². The summed E-state index contributed by atoms with van der Waals surface area (Å²) in [5.74, 6) is 0.142. The van der Waals surface area contributed by atoms with Crippen molar-refractivity contribution < 1.29 is 23.1 Å². The molecule has 1 aliphatic carbocycles. The van der Waals surface area contributed by atoms with E-state index in [-0.39, 0.29) is 29.2 Å². The summed E-state index contributed by atoms with van der Waals surface area (Å²) in [6.45, 7) is 0.646. The maximum absolute atomic E-state index is 12.7. The minimum atomic E-state index is -4.51. The molecule has 2 atom stereocenters. The number of hydrogen-bond donors (Lipinski definition) is 2. The van der Waals surface area contributed by atoms with Gasteiger partial charge in [0.25, 0.3) is 0 Å². The maximum Gasteiger partial charge on any atom is 0.417 e. The summed E-state index contributed by atoms with van der Waals surface area (Å²) in [4.78, 5) is 17.6. The third-order valence-electron chi connectivity index (χ3n) is 4.83. The minimum absolute atomic E-state index is 0.00430. The molecule has 3 rings (SSSR count). The molecule has 2 fully saturated rings. The molecule has 0 radical (unpaired) electrons. The Morgan fingerprint density at radius 1 is 1.36 bits per heavy atom.